The average molecular weight is 1560 g/mol. The highest BCUT2D eigenvalue weighted by Crippen LogP contribution is 2.37. The number of nitrogens with one attached hydrogen (secondary N) is 3. The smallest absolute Gasteiger partial charge is 0.265 e. The Balaban J connectivity index is 0.000000150. The summed E-state index contributed by atoms with van der Waals surface area (Å²) in [4.78, 5) is 8.54. The molecule has 0 amide bonds. The van der Waals surface area contributed by atoms with Crippen LogP contribution in [0.4, 0.5) is 41.6 Å². The quantitative estimate of drug-likeness (QED) is 0.0681. The van der Waals surface area contributed by atoms with Gasteiger partial charge in [0, 0.05) is 39.8 Å². The van der Waals surface area contributed by atoms with Crippen molar-refractivity contribution in [1.82, 2.24) is 4.98 Å². The second kappa shape index (κ2) is 34.0. The zero-order valence-electron chi connectivity index (χ0n) is 56.5. The third-order valence-corrected chi connectivity index (χ3v) is 22.8. The summed E-state index contributed by atoms with van der Waals surface area (Å²) in [5.41, 5.74) is 8.93. The Morgan fingerprint density at radius 1 is 0.486 bits per heavy atom. The lowest BCUT2D eigenvalue weighted by atomic mass is 10.0. The van der Waals surface area contributed by atoms with E-state index in [0.717, 1.165) is 64.3 Å². The topological polar surface area (TPSA) is 225 Å². The first kappa shape index (κ1) is 77.3. The Kier molecular flexibility index (Phi) is 25.0. The molecule has 3 N–H and O–H groups in total. The first-order valence-corrected chi connectivity index (χ1v) is 39.3. The summed E-state index contributed by atoms with van der Waals surface area (Å²) in [5.74, 6) is -2.06. The van der Waals surface area contributed by atoms with E-state index < -0.39 is 68.0 Å². The van der Waals surface area contributed by atoms with Gasteiger partial charge in [0.15, 0.2) is 27.5 Å². The molecule has 1 fully saturated rings. The van der Waals surface area contributed by atoms with Gasteiger partial charge in [-0.25, -0.2) is 56.7 Å². The number of halogens is 6. The monoisotopic (exact) mass is 1550 g/mol. The maximum atomic E-state index is 14.4. The summed E-state index contributed by atoms with van der Waals surface area (Å²) >= 11 is 17.6. The molecule has 27 heteroatoms. The highest BCUT2D eigenvalue weighted by Gasteiger charge is 2.27. The number of hydrogen-bond donors (Lipinski definition) is 3. The Labute approximate surface area is 622 Å². The molecule has 1 saturated heterocycles. The first-order chi connectivity index (χ1) is 50.1. The van der Waals surface area contributed by atoms with E-state index in [1.165, 1.54) is 76.1 Å². The van der Waals surface area contributed by atoms with E-state index in [1.54, 1.807) is 59.5 Å². The summed E-state index contributed by atoms with van der Waals surface area (Å²) in [6.45, 7) is 11.7. The molecule has 1 aliphatic heterocycles. The number of aryl methyl sites for hydroxylation is 2. The van der Waals surface area contributed by atoms with Crippen molar-refractivity contribution in [3.63, 3.8) is 0 Å². The number of hydrogen-bond acceptors (Lipinski definition) is 13. The SMILES string of the molecule is COc1ccc(-c2ccccc2)cc1CS(=O)(=O)c1cc(Cl)cc(C)c1F.Cc1cc(-c2ccccc2)ccc1NS(=O)(=O)c1cccc2ncoc12.O=S(=O)(Nc1cc(N2CCCCC2)c(F)cc1F)c1cc(Cl)cc(Cl)c1.[C-]#[N+]c1cccc(S(=O)(=O)Nc2cc(-c3ccccc3)ccc2OC)c1. The van der Waals surface area contributed by atoms with Crippen LogP contribution in [0.15, 0.2) is 261 Å². The number of nitrogens with zero attached hydrogens (tertiary/aromatic N) is 3. The van der Waals surface area contributed by atoms with E-state index in [9.17, 15) is 46.8 Å². The van der Waals surface area contributed by atoms with Crippen molar-refractivity contribution in [2.45, 2.75) is 58.4 Å². The lowest BCUT2D eigenvalue weighted by Crippen LogP contribution is -2.30. The summed E-state index contributed by atoms with van der Waals surface area (Å²) in [7, 11) is -12.8. The lowest BCUT2D eigenvalue weighted by molar-refractivity contribution is 0.411. The highest BCUT2D eigenvalue weighted by atomic mass is 35.5. The maximum Gasteiger partial charge on any atom is 0.265 e. The Morgan fingerprint density at radius 2 is 1.03 bits per heavy atom. The molecule has 17 nitrogen and oxygen atoms in total. The van der Waals surface area contributed by atoms with Gasteiger partial charge in [-0.15, -0.1) is 0 Å². The van der Waals surface area contributed by atoms with Gasteiger partial charge in [-0.05, 0) is 175 Å². The first-order valence-electron chi connectivity index (χ1n) is 32.0. The second-order valence-electron chi connectivity index (χ2n) is 23.7. The minimum absolute atomic E-state index is 0.0261. The van der Waals surface area contributed by atoms with Gasteiger partial charge in [0.05, 0.1) is 59.1 Å². The molecule has 0 saturated carbocycles. The van der Waals surface area contributed by atoms with Crippen LogP contribution in [0.5, 0.6) is 11.5 Å². The van der Waals surface area contributed by atoms with Gasteiger partial charge < -0.3 is 18.8 Å². The van der Waals surface area contributed by atoms with Crippen molar-refractivity contribution >= 4 is 114 Å². The lowest BCUT2D eigenvalue weighted by Gasteiger charge is -2.29. The molecule has 0 radical (unpaired) electrons. The molecular formula is C78H66Cl3F3N6O11S4. The van der Waals surface area contributed by atoms with Gasteiger partial charge in [0.1, 0.15) is 44.3 Å². The Morgan fingerprint density at radius 3 is 1.63 bits per heavy atom. The molecule has 105 heavy (non-hydrogen) atoms. The fraction of sp³-hybridized carbons (Fsp3) is 0.128. The largest absolute Gasteiger partial charge is 0.496 e. The van der Waals surface area contributed by atoms with Crippen molar-refractivity contribution in [2.75, 3.05) is 46.4 Å². The molecule has 1 aromatic heterocycles. The van der Waals surface area contributed by atoms with Crippen LogP contribution < -0.4 is 28.5 Å². The number of oxazole rings is 1. The van der Waals surface area contributed by atoms with Gasteiger partial charge >= 0.3 is 0 Å². The molecule has 0 spiro atoms. The van der Waals surface area contributed by atoms with Crippen LogP contribution in [0.25, 0.3) is 49.3 Å². The number of piperidine rings is 1. The van der Waals surface area contributed by atoms with Crippen molar-refractivity contribution in [3.05, 3.63) is 298 Å². The van der Waals surface area contributed by atoms with E-state index in [2.05, 4.69) is 24.0 Å². The maximum absolute atomic E-state index is 14.4. The van der Waals surface area contributed by atoms with Crippen LogP contribution in [0, 0.1) is 37.9 Å². The minimum Gasteiger partial charge on any atom is -0.496 e. The third-order valence-electron chi connectivity index (χ3n) is 16.4. The number of rotatable bonds is 18. The molecule has 1 aliphatic rings. The number of ether oxygens (including phenoxy) is 2. The molecule has 11 aromatic carbocycles. The number of benzene rings is 11. The number of fused-ring (bicyclic) bond motifs is 1. The van der Waals surface area contributed by atoms with E-state index in [0.29, 0.717) is 53.1 Å². The van der Waals surface area contributed by atoms with Crippen molar-refractivity contribution < 1.29 is 60.7 Å². The van der Waals surface area contributed by atoms with E-state index in [1.807, 2.05) is 122 Å². The van der Waals surface area contributed by atoms with Gasteiger partial charge in [0.25, 0.3) is 30.1 Å². The van der Waals surface area contributed by atoms with Gasteiger partial charge in [-0.1, -0.05) is 162 Å². The van der Waals surface area contributed by atoms with Gasteiger partial charge in [0.2, 0.25) is 0 Å². The fourth-order valence-corrected chi connectivity index (χ4v) is 17.2. The zero-order valence-corrected chi connectivity index (χ0v) is 62.0. The summed E-state index contributed by atoms with van der Waals surface area (Å²) in [6.07, 6.45) is 4.09. The molecule has 12 aromatic rings. The number of para-hydroxylation sites is 1. The number of anilines is 4. The molecule has 0 aliphatic carbocycles. The van der Waals surface area contributed by atoms with Crippen LogP contribution in [-0.4, -0.2) is 66.0 Å². The molecule has 2 heterocycles. The van der Waals surface area contributed by atoms with Crippen LogP contribution in [-0.2, 0) is 45.7 Å². The molecule has 0 bridgehead atoms. The Hall–Kier alpha value is -10.4. The number of sulfonamides is 3. The molecule has 0 unspecified atom stereocenters. The minimum atomic E-state index is -4.14. The van der Waals surface area contributed by atoms with Gasteiger partial charge in [-0.2, -0.15) is 0 Å². The van der Waals surface area contributed by atoms with Crippen LogP contribution in [0.3, 0.4) is 0 Å². The summed E-state index contributed by atoms with van der Waals surface area (Å²) in [5, 5.41) is 0.440. The second-order valence-corrected chi connectivity index (χ2v) is 32.0. The number of methoxy groups -OCH3 is 2. The molecule has 13 rings (SSSR count). The number of aromatic nitrogens is 1. The predicted octanol–water partition coefficient (Wildman–Crippen LogP) is 19.8. The third kappa shape index (κ3) is 19.5. The van der Waals surface area contributed by atoms with Crippen LogP contribution in [0.2, 0.25) is 15.1 Å². The standard InChI is InChI=1S/C21H18ClFO3S.2C20H16N2O3S.C17H16Cl2F2N2O2S/c1-14-10-18(22)12-20(21(14)23)27(24,25)13-17-11-16(8-9-19(17)26-2)15-6-4-3-5-7-15;1-14-12-16(15-6-3-2-4-7-15)10-11-17(14)22-26(23,24)19-9-5-8-18-20(19)25-13-21-18;1-21-17-9-6-10-18(14-17)26(23,24)22-19-13-16(11-12-20(19)25-2)15-7-4-3-5-8-15;18-11-6-12(19)8-13(7-11)26(24,25)22-16-10-17(15(21)9-14(16)20)23-4-2-1-3-5-23/h3-12H,13H2,1-2H3;2-13,22H,1H3;3-14,22H,2H3;6-10,22H,1-5H2. The molecule has 0 atom stereocenters. The zero-order chi connectivity index (χ0) is 75.2. The normalized spacial score (nSPS) is 12.2. The predicted molar refractivity (Wildman–Crippen MR) is 409 cm³/mol. The van der Waals surface area contributed by atoms with Crippen molar-refractivity contribution in [1.29, 1.82) is 0 Å². The van der Waals surface area contributed by atoms with E-state index >= 15 is 0 Å². The van der Waals surface area contributed by atoms with Gasteiger partial charge in [-0.3, -0.25) is 14.2 Å². The molecular weight excluding hydrogens is 1490 g/mol. The summed E-state index contributed by atoms with van der Waals surface area (Å²) < 4.78 is 168. The number of sulfone groups is 1. The van der Waals surface area contributed by atoms with Crippen LogP contribution in [0.1, 0.15) is 36.0 Å². The van der Waals surface area contributed by atoms with E-state index in [4.69, 9.17) is 55.3 Å². The highest BCUT2D eigenvalue weighted by molar-refractivity contribution is 7.93. The van der Waals surface area contributed by atoms with Crippen molar-refractivity contribution in [3.8, 4) is 44.9 Å². The molecule has 540 valence electrons. The van der Waals surface area contributed by atoms with Crippen LogP contribution >= 0.6 is 34.8 Å². The van der Waals surface area contributed by atoms with Crippen molar-refractivity contribution in [2.24, 2.45) is 0 Å². The van der Waals surface area contributed by atoms with E-state index in [-0.39, 0.29) is 58.0 Å². The average Bonchev–Trinajstić information content (AvgIpc) is 1.77. The Bertz CT molecular complexity index is 5650. The fourth-order valence-electron chi connectivity index (χ4n) is 11.2. The summed E-state index contributed by atoms with van der Waals surface area (Å²) in [6, 6.07) is 64.3.